The van der Waals surface area contributed by atoms with Crippen molar-refractivity contribution in [3.05, 3.63) is 35.1 Å². The van der Waals surface area contributed by atoms with Crippen molar-refractivity contribution in [1.82, 2.24) is 15.5 Å². The van der Waals surface area contributed by atoms with Gasteiger partial charge in [0.15, 0.2) is 0 Å². The quantitative estimate of drug-likeness (QED) is 0.849. The minimum absolute atomic E-state index is 0.0112. The predicted molar refractivity (Wildman–Crippen MR) is 89.6 cm³/mol. The van der Waals surface area contributed by atoms with Gasteiger partial charge in [-0.05, 0) is 36.6 Å². The monoisotopic (exact) mass is 331 g/mol. The standard InChI is InChI=1S/C17H21N3O2S/c1-10(2)8-11-14(17(11,3)4)16(21)18-9-13-19-15(20-22-13)12-6-5-7-23-12/h5-8,11,14H,9H2,1-4H3,(H,18,21)/t11-,14-/m1/s1. The van der Waals surface area contributed by atoms with Crippen molar-refractivity contribution in [2.45, 2.75) is 34.2 Å². The third-order valence-electron chi connectivity index (χ3n) is 4.33. The Bertz CT molecular complexity index is 727. The van der Waals surface area contributed by atoms with Crippen LogP contribution in [0.4, 0.5) is 0 Å². The molecule has 5 nitrogen and oxygen atoms in total. The van der Waals surface area contributed by atoms with E-state index in [2.05, 4.69) is 49.2 Å². The molecular weight excluding hydrogens is 310 g/mol. The minimum atomic E-state index is 0.0112. The summed E-state index contributed by atoms with van der Waals surface area (Å²) < 4.78 is 5.20. The minimum Gasteiger partial charge on any atom is -0.347 e. The first-order valence-electron chi connectivity index (χ1n) is 7.69. The molecule has 0 unspecified atom stereocenters. The van der Waals surface area contributed by atoms with Gasteiger partial charge < -0.3 is 9.84 Å². The molecule has 0 radical (unpaired) electrons. The molecule has 0 bridgehead atoms. The number of hydrogen-bond acceptors (Lipinski definition) is 5. The number of nitrogens with zero attached hydrogens (tertiary/aromatic N) is 2. The first-order chi connectivity index (χ1) is 10.9. The van der Waals surface area contributed by atoms with Crippen molar-refractivity contribution in [1.29, 1.82) is 0 Å². The summed E-state index contributed by atoms with van der Waals surface area (Å²) in [5, 5.41) is 8.82. The van der Waals surface area contributed by atoms with Crippen LogP contribution in [0.1, 0.15) is 33.6 Å². The van der Waals surface area contributed by atoms with E-state index in [4.69, 9.17) is 4.52 Å². The highest BCUT2D eigenvalue weighted by Crippen LogP contribution is 2.59. The fourth-order valence-corrected chi connectivity index (χ4v) is 3.60. The average molecular weight is 331 g/mol. The molecule has 0 aromatic carbocycles. The topological polar surface area (TPSA) is 68.0 Å². The Labute approximate surface area is 139 Å². The second kappa shape index (κ2) is 5.92. The number of rotatable bonds is 5. The van der Waals surface area contributed by atoms with Gasteiger partial charge in [-0.2, -0.15) is 4.98 Å². The Morgan fingerprint density at radius 1 is 1.48 bits per heavy atom. The van der Waals surface area contributed by atoms with E-state index >= 15 is 0 Å². The summed E-state index contributed by atoms with van der Waals surface area (Å²) in [6, 6.07) is 3.88. The zero-order chi connectivity index (χ0) is 16.6. The fraction of sp³-hybridized carbons (Fsp3) is 0.471. The van der Waals surface area contributed by atoms with Crippen molar-refractivity contribution >= 4 is 17.2 Å². The Morgan fingerprint density at radius 2 is 2.26 bits per heavy atom. The van der Waals surface area contributed by atoms with E-state index in [1.54, 1.807) is 11.3 Å². The lowest BCUT2D eigenvalue weighted by Gasteiger charge is -2.03. The molecule has 2 aromatic rings. The maximum Gasteiger partial charge on any atom is 0.246 e. The number of amides is 1. The molecule has 1 aliphatic carbocycles. The maximum atomic E-state index is 12.4. The Morgan fingerprint density at radius 3 is 2.91 bits per heavy atom. The Hall–Kier alpha value is -1.95. The first-order valence-corrected chi connectivity index (χ1v) is 8.56. The molecule has 6 heteroatoms. The molecule has 1 aliphatic rings. The molecule has 1 N–H and O–H groups in total. The average Bonchev–Trinajstić information content (AvgIpc) is 2.96. The van der Waals surface area contributed by atoms with Gasteiger partial charge in [0.25, 0.3) is 0 Å². The summed E-state index contributed by atoms with van der Waals surface area (Å²) >= 11 is 1.56. The molecule has 1 amide bonds. The van der Waals surface area contributed by atoms with Crippen LogP contribution in [-0.2, 0) is 11.3 Å². The fourth-order valence-electron chi connectivity index (χ4n) is 2.95. The van der Waals surface area contributed by atoms with E-state index in [1.165, 1.54) is 5.57 Å². The summed E-state index contributed by atoms with van der Waals surface area (Å²) in [4.78, 5) is 17.7. The summed E-state index contributed by atoms with van der Waals surface area (Å²) in [6.07, 6.45) is 2.19. The number of carbonyl (C=O) groups is 1. The molecule has 122 valence electrons. The van der Waals surface area contributed by atoms with Gasteiger partial charge in [-0.15, -0.1) is 11.3 Å². The zero-order valence-electron chi connectivity index (χ0n) is 13.8. The molecule has 0 spiro atoms. The second-order valence-electron chi connectivity index (χ2n) is 6.78. The molecule has 0 aliphatic heterocycles. The van der Waals surface area contributed by atoms with Gasteiger partial charge in [-0.25, -0.2) is 0 Å². The van der Waals surface area contributed by atoms with Crippen molar-refractivity contribution in [2.24, 2.45) is 17.3 Å². The van der Waals surface area contributed by atoms with E-state index in [1.807, 2.05) is 17.5 Å². The molecule has 0 saturated heterocycles. The van der Waals surface area contributed by atoms with Crippen molar-refractivity contribution < 1.29 is 9.32 Å². The van der Waals surface area contributed by atoms with Crippen LogP contribution in [0.25, 0.3) is 10.7 Å². The number of hydrogen-bond donors (Lipinski definition) is 1. The van der Waals surface area contributed by atoms with E-state index in [0.29, 0.717) is 17.6 Å². The van der Waals surface area contributed by atoms with E-state index < -0.39 is 0 Å². The van der Waals surface area contributed by atoms with Gasteiger partial charge in [0.1, 0.15) is 0 Å². The highest BCUT2D eigenvalue weighted by Gasteiger charge is 2.60. The first kappa shape index (κ1) is 15.9. The van der Waals surface area contributed by atoms with Crippen LogP contribution in [0, 0.1) is 17.3 Å². The number of nitrogens with one attached hydrogen (secondary N) is 1. The molecule has 1 fully saturated rings. The summed E-state index contributed by atoms with van der Waals surface area (Å²) in [6.45, 7) is 8.65. The normalized spacial score (nSPS) is 21.7. The lowest BCUT2D eigenvalue weighted by atomic mass is 10.1. The Kier molecular flexibility index (Phi) is 4.10. The van der Waals surface area contributed by atoms with Crippen LogP contribution in [0.2, 0.25) is 0 Å². The number of aromatic nitrogens is 2. The summed E-state index contributed by atoms with van der Waals surface area (Å²) in [5.74, 6) is 1.36. The van der Waals surface area contributed by atoms with Crippen LogP contribution >= 0.6 is 11.3 Å². The van der Waals surface area contributed by atoms with E-state index in [-0.39, 0.29) is 23.8 Å². The number of thiophene rings is 1. The second-order valence-corrected chi connectivity index (χ2v) is 7.72. The third kappa shape index (κ3) is 3.22. The SMILES string of the molecule is CC(C)=C[C@@H]1[C@H](C(=O)NCc2nc(-c3cccs3)no2)C1(C)C. The number of allylic oxidation sites excluding steroid dienone is 2. The van der Waals surface area contributed by atoms with Gasteiger partial charge in [0.2, 0.25) is 17.6 Å². The van der Waals surface area contributed by atoms with Gasteiger partial charge in [0.05, 0.1) is 17.3 Å². The third-order valence-corrected chi connectivity index (χ3v) is 5.20. The molecule has 3 rings (SSSR count). The van der Waals surface area contributed by atoms with Gasteiger partial charge in [-0.3, -0.25) is 4.79 Å². The molecule has 23 heavy (non-hydrogen) atoms. The van der Waals surface area contributed by atoms with Gasteiger partial charge in [0, 0.05) is 0 Å². The van der Waals surface area contributed by atoms with Crippen LogP contribution < -0.4 is 5.32 Å². The van der Waals surface area contributed by atoms with Crippen LogP contribution in [-0.4, -0.2) is 16.0 Å². The Balaban J connectivity index is 1.59. The van der Waals surface area contributed by atoms with Crippen LogP contribution in [0.15, 0.2) is 33.7 Å². The van der Waals surface area contributed by atoms with Crippen molar-refractivity contribution in [3.63, 3.8) is 0 Å². The van der Waals surface area contributed by atoms with E-state index in [9.17, 15) is 4.79 Å². The highest BCUT2D eigenvalue weighted by molar-refractivity contribution is 7.13. The smallest absolute Gasteiger partial charge is 0.246 e. The molecule has 2 aromatic heterocycles. The van der Waals surface area contributed by atoms with E-state index in [0.717, 1.165) is 4.88 Å². The van der Waals surface area contributed by atoms with Gasteiger partial charge in [-0.1, -0.05) is 36.7 Å². The summed E-state index contributed by atoms with van der Waals surface area (Å²) in [5.41, 5.74) is 1.26. The van der Waals surface area contributed by atoms with Crippen molar-refractivity contribution in [3.8, 4) is 10.7 Å². The zero-order valence-corrected chi connectivity index (χ0v) is 14.6. The van der Waals surface area contributed by atoms with Gasteiger partial charge >= 0.3 is 0 Å². The molecular formula is C17H21N3O2S. The molecule has 2 atom stereocenters. The van der Waals surface area contributed by atoms with Crippen molar-refractivity contribution in [2.75, 3.05) is 0 Å². The van der Waals surface area contributed by atoms with Crippen LogP contribution in [0.5, 0.6) is 0 Å². The summed E-state index contributed by atoms with van der Waals surface area (Å²) in [7, 11) is 0. The largest absolute Gasteiger partial charge is 0.347 e. The highest BCUT2D eigenvalue weighted by atomic mass is 32.1. The molecule has 1 saturated carbocycles. The number of carbonyl (C=O) groups excluding carboxylic acids is 1. The van der Waals surface area contributed by atoms with Crippen LogP contribution in [0.3, 0.4) is 0 Å². The predicted octanol–water partition coefficient (Wildman–Crippen LogP) is 3.65. The molecule has 2 heterocycles. The lowest BCUT2D eigenvalue weighted by molar-refractivity contribution is -0.123. The lowest BCUT2D eigenvalue weighted by Crippen LogP contribution is -2.26. The maximum absolute atomic E-state index is 12.4.